The molecule has 1 aromatic carbocycles. The van der Waals surface area contributed by atoms with Crippen molar-refractivity contribution in [2.45, 2.75) is 76.9 Å². The molecule has 0 aromatic heterocycles. The summed E-state index contributed by atoms with van der Waals surface area (Å²) in [7, 11) is 0. The molecule has 0 bridgehead atoms. The third-order valence-corrected chi connectivity index (χ3v) is 6.67. The van der Waals surface area contributed by atoms with E-state index in [0.717, 1.165) is 63.4 Å². The molecule has 0 aliphatic heterocycles. The second kappa shape index (κ2) is 11.7. The van der Waals surface area contributed by atoms with Crippen molar-refractivity contribution in [1.29, 1.82) is 0 Å². The van der Waals surface area contributed by atoms with Crippen LogP contribution in [-0.4, -0.2) is 69.7 Å². The number of benzene rings is 1. The minimum absolute atomic E-state index is 0. The first-order valence-corrected chi connectivity index (χ1v) is 10.8. The third kappa shape index (κ3) is 6.44. The maximum absolute atomic E-state index is 10.8. The molecule has 3 N–H and O–H groups in total. The molecule has 0 heterocycles. The summed E-state index contributed by atoms with van der Waals surface area (Å²) in [6, 6.07) is 5.87. The number of carbonyl (C=O) groups is 1. The zero-order valence-electron chi connectivity index (χ0n) is 16.8. The Morgan fingerprint density at radius 1 is 1.24 bits per heavy atom. The van der Waals surface area contributed by atoms with Crippen LogP contribution in [0.25, 0.3) is 0 Å². The fraction of sp³-hybridized carbons (Fsp3) is 0.696. The Bertz CT molecular complexity index is 665. The van der Waals surface area contributed by atoms with Crippen LogP contribution in [-0.2, 0) is 17.6 Å². The second-order valence-electron chi connectivity index (χ2n) is 8.60. The van der Waals surface area contributed by atoms with Crippen molar-refractivity contribution in [2.24, 2.45) is 17.8 Å². The molecule has 1 aromatic rings. The molecule has 1 saturated carbocycles. The molecule has 0 radical (unpaired) electrons. The van der Waals surface area contributed by atoms with E-state index in [4.69, 9.17) is 9.84 Å². The molecule has 3 rings (SSSR count). The number of unbranched alkanes of at least 4 members (excludes halogenated alkanes) is 2. The van der Waals surface area contributed by atoms with Crippen molar-refractivity contribution in [3.8, 4) is 5.75 Å². The first kappa shape index (κ1) is 24.7. The van der Waals surface area contributed by atoms with Crippen LogP contribution in [0, 0.1) is 17.8 Å². The van der Waals surface area contributed by atoms with E-state index in [9.17, 15) is 15.0 Å². The number of fused-ring (bicyclic) bond motifs is 2. The van der Waals surface area contributed by atoms with E-state index in [-0.39, 0.29) is 54.3 Å². The van der Waals surface area contributed by atoms with E-state index in [1.807, 2.05) is 12.1 Å². The van der Waals surface area contributed by atoms with Crippen LogP contribution >= 0.6 is 0 Å². The van der Waals surface area contributed by atoms with Gasteiger partial charge in [0.05, 0.1) is 12.2 Å². The fourth-order valence-electron chi connectivity index (χ4n) is 5.24. The molecule has 29 heavy (non-hydrogen) atoms. The van der Waals surface area contributed by atoms with Crippen LogP contribution in [0.5, 0.6) is 5.75 Å². The normalized spacial score (nSPS) is 26.2. The monoisotopic (exact) mass is 414 g/mol. The predicted octanol–water partition coefficient (Wildman–Crippen LogP) is 2.93. The first-order valence-electron chi connectivity index (χ1n) is 10.8. The summed E-state index contributed by atoms with van der Waals surface area (Å²) in [5.41, 5.74) is 2.32. The molecule has 0 unspecified atom stereocenters. The van der Waals surface area contributed by atoms with Crippen LogP contribution in [0.4, 0.5) is 0 Å². The van der Waals surface area contributed by atoms with Crippen molar-refractivity contribution >= 4 is 35.5 Å². The molecule has 0 saturated heterocycles. The number of hydrogen-bond donors (Lipinski definition) is 3. The van der Waals surface area contributed by atoms with Crippen LogP contribution in [0.2, 0.25) is 0 Å². The molecule has 158 valence electrons. The fourth-order valence-corrected chi connectivity index (χ4v) is 5.24. The second-order valence-corrected chi connectivity index (χ2v) is 8.60. The standard InChI is InChI=1S/C23H34O5.Na.H/c1-2-3-4-7-17(24)9-10-18-19-11-15-6-5-8-22(28-14-23(26)27)20(15)12-16(19)13-21(18)25;;/h5-6,8,16-19,21,24-25H,2-4,7,9-14H2,1H3,(H,26,27);;/t16-,17+,18+,19-,21+;;/m0../s1. The summed E-state index contributed by atoms with van der Waals surface area (Å²) in [4.78, 5) is 10.8. The maximum atomic E-state index is 10.8. The molecule has 2 aliphatic carbocycles. The number of aliphatic hydroxyl groups is 2. The van der Waals surface area contributed by atoms with Crippen LogP contribution in [0.15, 0.2) is 18.2 Å². The van der Waals surface area contributed by atoms with Gasteiger partial charge >= 0.3 is 35.5 Å². The van der Waals surface area contributed by atoms with Gasteiger partial charge < -0.3 is 20.1 Å². The summed E-state index contributed by atoms with van der Waals surface area (Å²) >= 11 is 0. The van der Waals surface area contributed by atoms with Crippen molar-refractivity contribution in [3.05, 3.63) is 29.3 Å². The van der Waals surface area contributed by atoms with Gasteiger partial charge in [-0.05, 0) is 73.5 Å². The molecular weight excluding hydrogens is 379 g/mol. The molecule has 1 fully saturated rings. The zero-order valence-corrected chi connectivity index (χ0v) is 16.8. The summed E-state index contributed by atoms with van der Waals surface area (Å²) in [6.45, 7) is 1.84. The predicted molar refractivity (Wildman–Crippen MR) is 115 cm³/mol. The number of hydrogen-bond acceptors (Lipinski definition) is 4. The Hall–Kier alpha value is -0.590. The molecule has 5 nitrogen and oxygen atoms in total. The Kier molecular flexibility index (Phi) is 9.96. The summed E-state index contributed by atoms with van der Waals surface area (Å²) in [5.74, 6) is 0.768. The van der Waals surface area contributed by atoms with E-state index < -0.39 is 5.97 Å². The number of ether oxygens (including phenoxy) is 1. The van der Waals surface area contributed by atoms with E-state index in [0.29, 0.717) is 17.6 Å². The van der Waals surface area contributed by atoms with Crippen molar-refractivity contribution in [2.75, 3.05) is 6.61 Å². The molecule has 0 spiro atoms. The van der Waals surface area contributed by atoms with Gasteiger partial charge in [-0.15, -0.1) is 0 Å². The quantitative estimate of drug-likeness (QED) is 0.405. The van der Waals surface area contributed by atoms with E-state index in [1.54, 1.807) is 0 Å². The van der Waals surface area contributed by atoms with Gasteiger partial charge in [-0.1, -0.05) is 38.3 Å². The van der Waals surface area contributed by atoms with Crippen molar-refractivity contribution < 1.29 is 24.9 Å². The SMILES string of the molecule is CCCCC[C@@H](O)CC[C@@H]1[C@H]2Cc3cccc(OCC(=O)O)c3C[C@H]2C[C@H]1O.[NaH]. The van der Waals surface area contributed by atoms with Crippen LogP contribution in [0.1, 0.15) is 63.0 Å². The van der Waals surface area contributed by atoms with Gasteiger partial charge in [0.25, 0.3) is 0 Å². The number of carboxylic acid groups (broad SMARTS) is 1. The minimum atomic E-state index is -0.972. The van der Waals surface area contributed by atoms with Gasteiger partial charge in [0.1, 0.15) is 5.75 Å². The summed E-state index contributed by atoms with van der Waals surface area (Å²) in [5, 5.41) is 29.8. The number of aliphatic hydroxyl groups excluding tert-OH is 2. The topological polar surface area (TPSA) is 87.0 Å². The molecule has 2 aliphatic rings. The average Bonchev–Trinajstić information content (AvgIpc) is 2.97. The summed E-state index contributed by atoms with van der Waals surface area (Å²) in [6.07, 6.45) is 7.85. The zero-order chi connectivity index (χ0) is 20.1. The molecule has 5 atom stereocenters. The van der Waals surface area contributed by atoms with Crippen molar-refractivity contribution in [1.82, 2.24) is 0 Å². The number of aliphatic carboxylic acids is 1. The third-order valence-electron chi connectivity index (χ3n) is 6.67. The molecule has 0 amide bonds. The van der Waals surface area contributed by atoms with Crippen LogP contribution in [0.3, 0.4) is 0 Å². The number of rotatable bonds is 10. The molecule has 6 heteroatoms. The van der Waals surface area contributed by atoms with Gasteiger partial charge in [-0.25, -0.2) is 4.79 Å². The Labute approximate surface area is 196 Å². The van der Waals surface area contributed by atoms with E-state index >= 15 is 0 Å². The van der Waals surface area contributed by atoms with Gasteiger partial charge in [0.15, 0.2) is 6.61 Å². The number of carboxylic acids is 1. The first-order chi connectivity index (χ1) is 13.5. The van der Waals surface area contributed by atoms with Crippen LogP contribution < -0.4 is 4.74 Å². The Balaban J connectivity index is 0.00000300. The van der Waals surface area contributed by atoms with Gasteiger partial charge in [-0.2, -0.15) is 0 Å². The van der Waals surface area contributed by atoms with Gasteiger partial charge in [-0.3, -0.25) is 0 Å². The van der Waals surface area contributed by atoms with Gasteiger partial charge in [0.2, 0.25) is 0 Å². The summed E-state index contributed by atoms with van der Waals surface area (Å²) < 4.78 is 5.50. The van der Waals surface area contributed by atoms with E-state index in [2.05, 4.69) is 13.0 Å². The average molecular weight is 415 g/mol. The van der Waals surface area contributed by atoms with Crippen molar-refractivity contribution in [3.63, 3.8) is 0 Å². The molecular formula is C23H35NaO5. The van der Waals surface area contributed by atoms with E-state index in [1.165, 1.54) is 5.56 Å². The van der Waals surface area contributed by atoms with Gasteiger partial charge in [0, 0.05) is 0 Å². The Morgan fingerprint density at radius 3 is 2.76 bits per heavy atom. The Morgan fingerprint density at radius 2 is 2.03 bits per heavy atom.